The van der Waals surface area contributed by atoms with Crippen LogP contribution < -0.4 is 11.2 Å². The van der Waals surface area contributed by atoms with E-state index in [2.05, 4.69) is 10.1 Å². The van der Waals surface area contributed by atoms with Crippen molar-refractivity contribution in [1.82, 2.24) is 29.2 Å². The molecule has 0 radical (unpaired) electrons. The van der Waals surface area contributed by atoms with Crippen LogP contribution in [0.2, 0.25) is 0 Å². The number of aromatic nitrogens is 5. The van der Waals surface area contributed by atoms with Crippen LogP contribution in [0.25, 0.3) is 11.4 Å². The van der Waals surface area contributed by atoms with E-state index in [-0.39, 0.29) is 24.4 Å². The zero-order chi connectivity index (χ0) is 20.5. The van der Waals surface area contributed by atoms with Crippen molar-refractivity contribution in [2.75, 3.05) is 6.54 Å². The van der Waals surface area contributed by atoms with Gasteiger partial charge in [0.15, 0.2) is 11.6 Å². The normalized spacial score (nSPS) is 16.1. The largest absolute Gasteiger partial charge is 0.329 e. The van der Waals surface area contributed by atoms with Gasteiger partial charge in [-0.2, -0.15) is 5.10 Å². The van der Waals surface area contributed by atoms with E-state index in [9.17, 15) is 14.4 Å². The molecule has 0 unspecified atom stereocenters. The van der Waals surface area contributed by atoms with Crippen LogP contribution >= 0.6 is 0 Å². The maximum absolute atomic E-state index is 13.0. The molecule has 0 bridgehead atoms. The highest BCUT2D eigenvalue weighted by Crippen LogP contribution is 2.32. The number of H-pyrrole nitrogens is 1. The molecule has 4 rings (SSSR count). The predicted molar refractivity (Wildman–Crippen MR) is 106 cm³/mol. The van der Waals surface area contributed by atoms with E-state index in [4.69, 9.17) is 4.98 Å². The lowest BCUT2D eigenvalue weighted by molar-refractivity contribution is -0.137. The summed E-state index contributed by atoms with van der Waals surface area (Å²) in [6.45, 7) is 4.93. The number of rotatable bonds is 4. The Bertz CT molecular complexity index is 1140. The summed E-state index contributed by atoms with van der Waals surface area (Å²) in [5, 5.41) is 4.63. The van der Waals surface area contributed by atoms with Gasteiger partial charge in [-0.05, 0) is 5.92 Å². The Morgan fingerprint density at radius 2 is 1.93 bits per heavy atom. The van der Waals surface area contributed by atoms with Crippen molar-refractivity contribution in [2.24, 2.45) is 5.92 Å². The molecule has 0 saturated heterocycles. The molecule has 1 aromatic carbocycles. The van der Waals surface area contributed by atoms with E-state index in [1.165, 1.54) is 16.8 Å². The Kier molecular flexibility index (Phi) is 4.87. The predicted octanol–water partition coefficient (Wildman–Crippen LogP) is 1.03. The Hall–Kier alpha value is -3.49. The molecule has 1 atom stereocenters. The molecule has 1 aliphatic rings. The van der Waals surface area contributed by atoms with E-state index in [0.29, 0.717) is 18.9 Å². The highest BCUT2D eigenvalue weighted by Gasteiger charge is 2.36. The standard InChI is InChI=1S/C20H22N6O3/c1-13(2)17-19-22-18(14-6-4-3-5-7-14)23-26(19)11-10-25(17)16(28)12-24-9-8-15(27)21-20(24)29/h3-9,13,17H,10-12H2,1-2H3,(H,21,27,29)/t17-/m0/s1. The highest BCUT2D eigenvalue weighted by molar-refractivity contribution is 5.76. The van der Waals surface area contributed by atoms with Crippen molar-refractivity contribution in [3.8, 4) is 11.4 Å². The van der Waals surface area contributed by atoms with E-state index in [0.717, 1.165) is 11.4 Å². The number of hydrogen-bond donors (Lipinski definition) is 1. The Morgan fingerprint density at radius 1 is 1.17 bits per heavy atom. The first kappa shape index (κ1) is 18.9. The number of benzene rings is 1. The lowest BCUT2D eigenvalue weighted by atomic mass is 9.99. The van der Waals surface area contributed by atoms with Crippen LogP contribution in [0.4, 0.5) is 0 Å². The van der Waals surface area contributed by atoms with Gasteiger partial charge in [0.05, 0.1) is 12.6 Å². The molecule has 3 heterocycles. The number of amides is 1. The van der Waals surface area contributed by atoms with Gasteiger partial charge in [-0.15, -0.1) is 0 Å². The van der Waals surface area contributed by atoms with Crippen LogP contribution in [-0.2, 0) is 17.9 Å². The van der Waals surface area contributed by atoms with Crippen LogP contribution in [0.5, 0.6) is 0 Å². The molecule has 29 heavy (non-hydrogen) atoms. The quantitative estimate of drug-likeness (QED) is 0.712. The molecule has 9 heteroatoms. The third kappa shape index (κ3) is 3.63. The topological polar surface area (TPSA) is 106 Å². The number of hydrogen-bond acceptors (Lipinski definition) is 5. The summed E-state index contributed by atoms with van der Waals surface area (Å²) in [6.07, 6.45) is 1.34. The second-order valence-electron chi connectivity index (χ2n) is 7.40. The molecular formula is C20H22N6O3. The molecule has 0 aliphatic carbocycles. The molecule has 9 nitrogen and oxygen atoms in total. The summed E-state index contributed by atoms with van der Waals surface area (Å²) in [7, 11) is 0. The highest BCUT2D eigenvalue weighted by atomic mass is 16.2. The first-order valence-corrected chi connectivity index (χ1v) is 9.53. The number of nitrogens with zero attached hydrogens (tertiary/aromatic N) is 5. The second-order valence-corrected chi connectivity index (χ2v) is 7.40. The Morgan fingerprint density at radius 3 is 2.62 bits per heavy atom. The summed E-state index contributed by atoms with van der Waals surface area (Å²) in [4.78, 5) is 44.9. The average Bonchev–Trinajstić information content (AvgIpc) is 3.14. The SMILES string of the molecule is CC(C)[C@H]1c2nc(-c3ccccc3)nn2CCN1C(=O)Cn1ccc(=O)[nH]c1=O. The Balaban J connectivity index is 1.64. The van der Waals surface area contributed by atoms with Crippen molar-refractivity contribution in [3.05, 3.63) is 69.3 Å². The third-order valence-electron chi connectivity index (χ3n) is 5.04. The number of aromatic amines is 1. The van der Waals surface area contributed by atoms with Crippen molar-refractivity contribution in [2.45, 2.75) is 33.0 Å². The fourth-order valence-electron chi connectivity index (χ4n) is 3.67. The van der Waals surface area contributed by atoms with Gasteiger partial charge >= 0.3 is 5.69 Å². The third-order valence-corrected chi connectivity index (χ3v) is 5.04. The average molecular weight is 394 g/mol. The molecule has 1 amide bonds. The van der Waals surface area contributed by atoms with Gasteiger partial charge < -0.3 is 4.90 Å². The van der Waals surface area contributed by atoms with Crippen molar-refractivity contribution in [1.29, 1.82) is 0 Å². The Labute approximate surface area is 166 Å². The molecule has 1 aliphatic heterocycles. The van der Waals surface area contributed by atoms with Crippen LogP contribution in [-0.4, -0.2) is 41.7 Å². The lowest BCUT2D eigenvalue weighted by Gasteiger charge is -2.37. The number of carbonyl (C=O) groups excluding carboxylic acids is 1. The molecule has 0 fully saturated rings. The minimum absolute atomic E-state index is 0.109. The number of nitrogens with one attached hydrogen (secondary N) is 1. The van der Waals surface area contributed by atoms with Gasteiger partial charge in [-0.25, -0.2) is 14.5 Å². The fourth-order valence-corrected chi connectivity index (χ4v) is 3.67. The lowest BCUT2D eigenvalue weighted by Crippen LogP contribution is -2.47. The summed E-state index contributed by atoms with van der Waals surface area (Å²) in [6, 6.07) is 10.7. The van der Waals surface area contributed by atoms with Crippen LogP contribution in [0, 0.1) is 5.92 Å². The second kappa shape index (κ2) is 7.50. The first-order valence-electron chi connectivity index (χ1n) is 9.53. The van der Waals surface area contributed by atoms with Crippen molar-refractivity contribution in [3.63, 3.8) is 0 Å². The maximum atomic E-state index is 13.0. The minimum atomic E-state index is -0.599. The minimum Gasteiger partial charge on any atom is -0.329 e. The van der Waals surface area contributed by atoms with Gasteiger partial charge in [-0.1, -0.05) is 44.2 Å². The van der Waals surface area contributed by atoms with Gasteiger partial charge in [0, 0.05) is 24.4 Å². The zero-order valence-corrected chi connectivity index (χ0v) is 16.3. The van der Waals surface area contributed by atoms with E-state index < -0.39 is 11.2 Å². The maximum Gasteiger partial charge on any atom is 0.328 e. The molecule has 150 valence electrons. The molecule has 0 spiro atoms. The van der Waals surface area contributed by atoms with Gasteiger partial charge in [0.2, 0.25) is 5.91 Å². The molecular weight excluding hydrogens is 372 g/mol. The van der Waals surface area contributed by atoms with Crippen LogP contribution in [0.15, 0.2) is 52.2 Å². The van der Waals surface area contributed by atoms with Crippen molar-refractivity contribution >= 4 is 5.91 Å². The molecule has 2 aromatic heterocycles. The number of carbonyl (C=O) groups is 1. The summed E-state index contributed by atoms with van der Waals surface area (Å²) in [5.41, 5.74) is -0.161. The van der Waals surface area contributed by atoms with Gasteiger partial charge in [0.25, 0.3) is 5.56 Å². The number of fused-ring (bicyclic) bond motifs is 1. The monoisotopic (exact) mass is 394 g/mol. The van der Waals surface area contributed by atoms with E-state index >= 15 is 0 Å². The zero-order valence-electron chi connectivity index (χ0n) is 16.3. The van der Waals surface area contributed by atoms with Gasteiger partial charge in [-0.3, -0.25) is 19.1 Å². The first-order chi connectivity index (χ1) is 13.9. The van der Waals surface area contributed by atoms with E-state index in [1.807, 2.05) is 48.9 Å². The van der Waals surface area contributed by atoms with Gasteiger partial charge in [0.1, 0.15) is 6.54 Å². The van der Waals surface area contributed by atoms with Crippen LogP contribution in [0.3, 0.4) is 0 Å². The summed E-state index contributed by atoms with van der Waals surface area (Å²) in [5.74, 6) is 1.29. The molecule has 0 saturated carbocycles. The van der Waals surface area contributed by atoms with Crippen molar-refractivity contribution < 1.29 is 4.79 Å². The van der Waals surface area contributed by atoms with E-state index in [1.54, 1.807) is 4.90 Å². The molecule has 1 N–H and O–H groups in total. The van der Waals surface area contributed by atoms with Crippen LogP contribution in [0.1, 0.15) is 25.7 Å². The summed E-state index contributed by atoms with van der Waals surface area (Å²) >= 11 is 0. The molecule has 3 aromatic rings. The fraction of sp³-hybridized carbons (Fsp3) is 0.350. The summed E-state index contributed by atoms with van der Waals surface area (Å²) < 4.78 is 3.07. The smallest absolute Gasteiger partial charge is 0.328 e.